The fourth-order valence-electron chi connectivity index (χ4n) is 2.14. The lowest BCUT2D eigenvalue weighted by atomic mass is 9.85. The molecular weight excluding hydrogens is 316 g/mol. The summed E-state index contributed by atoms with van der Waals surface area (Å²) in [5.41, 5.74) is 4.08. The van der Waals surface area contributed by atoms with E-state index in [0.29, 0.717) is 0 Å². The van der Waals surface area contributed by atoms with E-state index in [1.165, 1.54) is 6.92 Å². The van der Waals surface area contributed by atoms with Crippen LogP contribution in [0.4, 0.5) is 0 Å². The molecule has 0 spiro atoms. The molecule has 4 N–H and O–H groups in total. The lowest BCUT2D eigenvalue weighted by molar-refractivity contribution is -0.433. The van der Waals surface area contributed by atoms with Gasteiger partial charge in [0.1, 0.15) is 12.1 Å². The van der Waals surface area contributed by atoms with E-state index in [0.717, 1.165) is 11.1 Å². The van der Waals surface area contributed by atoms with Gasteiger partial charge in [-0.05, 0) is 31.4 Å². The highest BCUT2D eigenvalue weighted by atomic mass is 16.4. The lowest BCUT2D eigenvalue weighted by Crippen LogP contribution is -2.61. The molecule has 132 valence electrons. The van der Waals surface area contributed by atoms with Crippen LogP contribution in [0.1, 0.15) is 31.1 Å². The number of carbonyl (C=O) groups is 1. The second kappa shape index (κ2) is 9.58. The van der Waals surface area contributed by atoms with Crippen molar-refractivity contribution in [1.82, 2.24) is 0 Å². The highest BCUT2D eigenvalue weighted by Crippen LogP contribution is 2.20. The van der Waals surface area contributed by atoms with Crippen LogP contribution in [0.15, 0.2) is 60.7 Å². The molecule has 5 heteroatoms. The first-order valence-corrected chi connectivity index (χ1v) is 8.03. The van der Waals surface area contributed by atoms with Gasteiger partial charge in [0.15, 0.2) is 0 Å². The maximum atomic E-state index is 10.7. The number of carboxylic acid groups (broad SMARTS) is 1. The van der Waals surface area contributed by atoms with Crippen molar-refractivity contribution in [2.45, 2.75) is 32.4 Å². The third kappa shape index (κ3) is 6.38. The Balaban J connectivity index is 0.000000257. The van der Waals surface area contributed by atoms with Gasteiger partial charge in [-0.2, -0.15) is 5.26 Å². The topological polar surface area (TPSA) is 112 Å². The highest BCUT2D eigenvalue weighted by molar-refractivity contribution is 5.75. The minimum Gasteiger partial charge on any atom is -0.548 e. The fourth-order valence-corrected chi connectivity index (χ4v) is 2.14. The molecule has 2 aromatic rings. The molecule has 2 aromatic carbocycles. The van der Waals surface area contributed by atoms with Gasteiger partial charge in [-0.15, -0.1) is 0 Å². The highest BCUT2D eigenvalue weighted by Gasteiger charge is 2.25. The molecule has 3 atom stereocenters. The van der Waals surface area contributed by atoms with Gasteiger partial charge >= 0.3 is 0 Å². The standard InChI is InChI=1S/C11H11NO2.C9H13NO/c1-11(8-12,10(13)14)7-9-5-3-2-4-6-9;1-7(10)9(11)8-5-3-2-4-6-8/h2-6H,7H2,1H3,(H,13,14);2-7,9,11H,10H2,1H3/t11-;7-,9-/m00/s1. The van der Waals surface area contributed by atoms with E-state index in [9.17, 15) is 15.0 Å². The van der Waals surface area contributed by atoms with Gasteiger partial charge in [-0.25, -0.2) is 0 Å². The molecule has 0 unspecified atom stereocenters. The van der Waals surface area contributed by atoms with Crippen LogP contribution in [-0.4, -0.2) is 17.1 Å². The Bertz CT molecular complexity index is 696. The van der Waals surface area contributed by atoms with Crippen molar-refractivity contribution < 1.29 is 20.7 Å². The summed E-state index contributed by atoms with van der Waals surface area (Å²) in [6.45, 7) is 3.27. The smallest absolute Gasteiger partial charge is 0.130 e. The predicted octanol–water partition coefficient (Wildman–Crippen LogP) is 0.859. The van der Waals surface area contributed by atoms with Gasteiger partial charge in [0, 0.05) is 0 Å². The fraction of sp³-hybridized carbons (Fsp3) is 0.300. The Morgan fingerprint density at radius 2 is 1.68 bits per heavy atom. The third-order valence-electron chi connectivity index (χ3n) is 3.78. The predicted molar refractivity (Wildman–Crippen MR) is 92.6 cm³/mol. The van der Waals surface area contributed by atoms with E-state index in [4.69, 9.17) is 5.26 Å². The minimum absolute atomic E-state index is 0.0393. The molecular formula is C20H24N2O3. The second-order valence-electron chi connectivity index (χ2n) is 6.23. The minimum atomic E-state index is -1.44. The van der Waals surface area contributed by atoms with Crippen molar-refractivity contribution in [2.24, 2.45) is 5.41 Å². The van der Waals surface area contributed by atoms with Crippen molar-refractivity contribution in [1.29, 1.82) is 5.26 Å². The first kappa shape index (κ1) is 20.4. The van der Waals surface area contributed by atoms with E-state index < -0.39 is 17.5 Å². The normalized spacial score (nSPS) is 14.8. The van der Waals surface area contributed by atoms with Crippen LogP contribution >= 0.6 is 0 Å². The summed E-state index contributed by atoms with van der Waals surface area (Å²) < 4.78 is 0. The van der Waals surface area contributed by atoms with Crippen LogP contribution in [0.2, 0.25) is 0 Å². The van der Waals surface area contributed by atoms with E-state index >= 15 is 0 Å². The molecule has 2 rings (SSSR count). The number of aliphatic carboxylic acids is 1. The van der Waals surface area contributed by atoms with Crippen LogP contribution in [0.25, 0.3) is 0 Å². The van der Waals surface area contributed by atoms with Gasteiger partial charge in [-0.1, -0.05) is 60.7 Å². The number of aliphatic hydroxyl groups is 1. The van der Waals surface area contributed by atoms with Crippen molar-refractivity contribution in [3.05, 3.63) is 71.8 Å². The van der Waals surface area contributed by atoms with Gasteiger partial charge in [0.25, 0.3) is 0 Å². The summed E-state index contributed by atoms with van der Waals surface area (Å²) in [4.78, 5) is 10.7. The number of carbonyl (C=O) groups excluding carboxylic acids is 1. The molecule has 0 amide bonds. The summed E-state index contributed by atoms with van der Waals surface area (Å²) in [6.07, 6.45) is -0.261. The maximum absolute atomic E-state index is 10.7. The number of benzene rings is 2. The first-order valence-electron chi connectivity index (χ1n) is 8.03. The molecule has 0 aliphatic rings. The van der Waals surface area contributed by atoms with Crippen LogP contribution in [0.5, 0.6) is 0 Å². The third-order valence-corrected chi connectivity index (χ3v) is 3.78. The lowest BCUT2D eigenvalue weighted by Gasteiger charge is -2.22. The van der Waals surface area contributed by atoms with Crippen LogP contribution in [0, 0.1) is 16.7 Å². The molecule has 0 saturated carbocycles. The zero-order valence-electron chi connectivity index (χ0n) is 14.6. The van der Waals surface area contributed by atoms with E-state index in [-0.39, 0.29) is 12.5 Å². The number of rotatable bonds is 5. The summed E-state index contributed by atoms with van der Waals surface area (Å²) in [5, 5.41) is 29.0. The van der Waals surface area contributed by atoms with Gasteiger partial charge in [-0.3, -0.25) is 0 Å². The Hall–Kier alpha value is -2.68. The quantitative estimate of drug-likeness (QED) is 0.840. The molecule has 5 nitrogen and oxygen atoms in total. The monoisotopic (exact) mass is 340 g/mol. The average Bonchev–Trinajstić information content (AvgIpc) is 2.62. The SMILES string of the molecule is C[C@@](C#N)(Cc1ccccc1)C(=O)[O-].C[C@H]([NH3+])[C@H](O)c1ccccc1. The zero-order valence-corrected chi connectivity index (χ0v) is 14.6. The Kier molecular flexibility index (Phi) is 7.80. The Morgan fingerprint density at radius 3 is 2.08 bits per heavy atom. The summed E-state index contributed by atoms with van der Waals surface area (Å²) in [5.74, 6) is -1.33. The maximum Gasteiger partial charge on any atom is 0.130 e. The number of carboxylic acids is 1. The zero-order chi connectivity index (χ0) is 18.9. The van der Waals surface area contributed by atoms with Crippen LogP contribution in [-0.2, 0) is 11.2 Å². The van der Waals surface area contributed by atoms with E-state index in [2.05, 4.69) is 5.73 Å². The van der Waals surface area contributed by atoms with Gasteiger partial charge in [0.05, 0.1) is 17.5 Å². The number of hydrogen-bond donors (Lipinski definition) is 2. The van der Waals surface area contributed by atoms with Crippen molar-refractivity contribution in [3.63, 3.8) is 0 Å². The molecule has 0 bridgehead atoms. The van der Waals surface area contributed by atoms with Gasteiger partial charge < -0.3 is 20.7 Å². The number of hydrogen-bond acceptors (Lipinski definition) is 4. The summed E-state index contributed by atoms with van der Waals surface area (Å²) in [7, 11) is 0. The molecule has 0 radical (unpaired) electrons. The molecule has 0 aromatic heterocycles. The van der Waals surface area contributed by atoms with Crippen LogP contribution in [0.3, 0.4) is 0 Å². The molecule has 0 fully saturated rings. The van der Waals surface area contributed by atoms with E-state index in [1.807, 2.05) is 55.5 Å². The molecule has 0 heterocycles. The first-order chi connectivity index (χ1) is 11.8. The molecule has 0 aliphatic heterocycles. The van der Waals surface area contributed by atoms with E-state index in [1.54, 1.807) is 18.2 Å². The van der Waals surface area contributed by atoms with Gasteiger partial charge in [0.2, 0.25) is 0 Å². The van der Waals surface area contributed by atoms with Crippen molar-refractivity contribution in [3.8, 4) is 6.07 Å². The van der Waals surface area contributed by atoms with Crippen LogP contribution < -0.4 is 10.8 Å². The largest absolute Gasteiger partial charge is 0.548 e. The number of aliphatic hydroxyl groups excluding tert-OH is 1. The summed E-state index contributed by atoms with van der Waals surface area (Å²) >= 11 is 0. The van der Waals surface area contributed by atoms with Crippen molar-refractivity contribution >= 4 is 5.97 Å². The number of nitrogens with zero attached hydrogens (tertiary/aromatic N) is 1. The second-order valence-corrected chi connectivity index (χ2v) is 6.23. The number of quaternary nitrogens is 1. The molecule has 0 saturated heterocycles. The Morgan fingerprint density at radius 1 is 1.20 bits per heavy atom. The molecule has 25 heavy (non-hydrogen) atoms. The Labute approximate surface area is 148 Å². The van der Waals surface area contributed by atoms with Crippen molar-refractivity contribution in [2.75, 3.05) is 0 Å². The average molecular weight is 340 g/mol. The number of nitriles is 1. The summed E-state index contributed by atoms with van der Waals surface area (Å²) in [6, 6.07) is 20.4. The molecule has 0 aliphatic carbocycles.